The van der Waals surface area contributed by atoms with Gasteiger partial charge in [0.1, 0.15) is 0 Å². The summed E-state index contributed by atoms with van der Waals surface area (Å²) in [7, 11) is 1.70. The fraction of sp³-hybridized carbons (Fsp3) is 1.00. The smallest absolute Gasteiger partial charge is 0.0959 e. The molecule has 1 saturated heterocycles. The average molecular weight is 145 g/mol. The lowest BCUT2D eigenvalue weighted by Crippen LogP contribution is -2.33. The van der Waals surface area contributed by atoms with E-state index in [0.29, 0.717) is 6.04 Å². The second-order valence-corrected chi connectivity index (χ2v) is 2.71. The van der Waals surface area contributed by atoms with E-state index in [2.05, 4.69) is 0 Å². The summed E-state index contributed by atoms with van der Waals surface area (Å²) in [6.45, 7) is 1.94. The molecule has 0 amide bonds. The van der Waals surface area contributed by atoms with Gasteiger partial charge in [-0.2, -0.15) is 0 Å². The first-order valence-electron chi connectivity index (χ1n) is 3.72. The fourth-order valence-corrected chi connectivity index (χ4v) is 1.46. The van der Waals surface area contributed by atoms with Crippen molar-refractivity contribution < 1.29 is 9.84 Å². The molecule has 1 aliphatic rings. The first-order chi connectivity index (χ1) is 4.88. The zero-order valence-electron chi connectivity index (χ0n) is 6.42. The molecule has 0 aromatic carbocycles. The van der Waals surface area contributed by atoms with Crippen LogP contribution in [0.2, 0.25) is 0 Å². The Labute approximate surface area is 61.6 Å². The summed E-state index contributed by atoms with van der Waals surface area (Å²) in [4.78, 5) is 2.05. The minimum Gasteiger partial charge on any atom is -0.383 e. The summed E-state index contributed by atoms with van der Waals surface area (Å²) in [5.74, 6) is 0. The maximum atomic E-state index is 8.83. The van der Waals surface area contributed by atoms with Gasteiger partial charge in [-0.15, -0.1) is 0 Å². The van der Waals surface area contributed by atoms with Gasteiger partial charge in [0, 0.05) is 19.7 Å². The van der Waals surface area contributed by atoms with Crippen LogP contribution in [0, 0.1) is 0 Å². The summed E-state index contributed by atoms with van der Waals surface area (Å²) in [5.41, 5.74) is 0. The number of nitrogens with zero attached hydrogens (tertiary/aromatic N) is 1. The average Bonchev–Trinajstić information content (AvgIpc) is 2.36. The third-order valence-corrected chi connectivity index (χ3v) is 2.04. The summed E-state index contributed by atoms with van der Waals surface area (Å²) in [6, 6.07) is 0.454. The molecule has 0 aliphatic carbocycles. The van der Waals surface area contributed by atoms with Crippen molar-refractivity contribution in [1.82, 2.24) is 4.90 Å². The molecule has 0 spiro atoms. The lowest BCUT2D eigenvalue weighted by atomic mass is 10.2. The Balaban J connectivity index is 2.27. The van der Waals surface area contributed by atoms with Gasteiger partial charge in [0.25, 0.3) is 0 Å². The summed E-state index contributed by atoms with van der Waals surface area (Å²) in [5, 5.41) is 8.83. The van der Waals surface area contributed by atoms with E-state index in [1.165, 1.54) is 6.42 Å². The Morgan fingerprint density at radius 1 is 1.70 bits per heavy atom. The van der Waals surface area contributed by atoms with Crippen LogP contribution in [0.25, 0.3) is 0 Å². The number of methoxy groups -OCH3 is 1. The van der Waals surface area contributed by atoms with E-state index in [1.54, 1.807) is 7.11 Å². The number of hydrogen-bond donors (Lipinski definition) is 1. The van der Waals surface area contributed by atoms with Crippen LogP contribution in [0.5, 0.6) is 0 Å². The molecule has 0 aromatic heterocycles. The Hall–Kier alpha value is -0.120. The zero-order chi connectivity index (χ0) is 7.40. The molecular formula is C7H15NO2. The first-order valence-corrected chi connectivity index (χ1v) is 3.72. The van der Waals surface area contributed by atoms with Crippen LogP contribution in [-0.4, -0.2) is 43.0 Å². The largest absolute Gasteiger partial charge is 0.383 e. The molecule has 1 fully saturated rings. The van der Waals surface area contributed by atoms with Gasteiger partial charge >= 0.3 is 0 Å². The third-order valence-electron chi connectivity index (χ3n) is 2.04. The van der Waals surface area contributed by atoms with Gasteiger partial charge < -0.3 is 9.84 Å². The van der Waals surface area contributed by atoms with Crippen LogP contribution in [0.3, 0.4) is 0 Å². The standard InChI is InChI=1S/C7H15NO2/c1-10-5-7-3-2-4-8(7)6-9/h7,9H,2-6H2,1H3. The van der Waals surface area contributed by atoms with Crippen molar-refractivity contribution in [3.63, 3.8) is 0 Å². The van der Waals surface area contributed by atoms with Crippen molar-refractivity contribution in [2.45, 2.75) is 18.9 Å². The molecular weight excluding hydrogens is 130 g/mol. The molecule has 1 atom stereocenters. The lowest BCUT2D eigenvalue weighted by Gasteiger charge is -2.20. The number of likely N-dealkylation sites (tertiary alicyclic amines) is 1. The maximum absolute atomic E-state index is 8.83. The maximum Gasteiger partial charge on any atom is 0.0959 e. The van der Waals surface area contributed by atoms with E-state index in [4.69, 9.17) is 9.84 Å². The molecule has 60 valence electrons. The van der Waals surface area contributed by atoms with Gasteiger partial charge in [0.2, 0.25) is 0 Å². The molecule has 1 unspecified atom stereocenters. The van der Waals surface area contributed by atoms with Crippen LogP contribution >= 0.6 is 0 Å². The Morgan fingerprint density at radius 2 is 2.50 bits per heavy atom. The molecule has 0 saturated carbocycles. The summed E-state index contributed by atoms with van der Waals surface area (Å²) in [6.07, 6.45) is 2.35. The number of rotatable bonds is 3. The number of ether oxygens (including phenoxy) is 1. The van der Waals surface area contributed by atoms with Crippen molar-refractivity contribution in [2.75, 3.05) is 27.0 Å². The molecule has 0 radical (unpaired) electrons. The van der Waals surface area contributed by atoms with Crippen LogP contribution in [0.15, 0.2) is 0 Å². The summed E-state index contributed by atoms with van der Waals surface area (Å²) < 4.78 is 5.01. The van der Waals surface area contributed by atoms with Crippen LogP contribution in [0.4, 0.5) is 0 Å². The van der Waals surface area contributed by atoms with Crippen molar-refractivity contribution in [2.24, 2.45) is 0 Å². The molecule has 1 heterocycles. The highest BCUT2D eigenvalue weighted by molar-refractivity contribution is 4.76. The van der Waals surface area contributed by atoms with Crippen molar-refractivity contribution in [3.05, 3.63) is 0 Å². The van der Waals surface area contributed by atoms with Gasteiger partial charge in [-0.25, -0.2) is 0 Å². The van der Waals surface area contributed by atoms with Gasteiger partial charge in [0.05, 0.1) is 13.3 Å². The minimum absolute atomic E-state index is 0.175. The van der Waals surface area contributed by atoms with Gasteiger partial charge in [0.15, 0.2) is 0 Å². The van der Waals surface area contributed by atoms with E-state index >= 15 is 0 Å². The normalized spacial score (nSPS) is 27.6. The Kier molecular flexibility index (Phi) is 3.12. The number of aliphatic hydroxyl groups is 1. The van der Waals surface area contributed by atoms with Gasteiger partial charge in [-0.05, 0) is 12.8 Å². The van der Waals surface area contributed by atoms with Crippen molar-refractivity contribution in [1.29, 1.82) is 0 Å². The second-order valence-electron chi connectivity index (χ2n) is 2.71. The van der Waals surface area contributed by atoms with Crippen molar-refractivity contribution >= 4 is 0 Å². The first kappa shape index (κ1) is 7.98. The highest BCUT2D eigenvalue weighted by Gasteiger charge is 2.22. The zero-order valence-corrected chi connectivity index (χ0v) is 6.42. The predicted octanol–water partition coefficient (Wildman–Crippen LogP) is 0.0470. The molecule has 10 heavy (non-hydrogen) atoms. The van der Waals surface area contributed by atoms with Gasteiger partial charge in [-0.3, -0.25) is 4.90 Å². The van der Waals surface area contributed by atoms with Gasteiger partial charge in [-0.1, -0.05) is 0 Å². The van der Waals surface area contributed by atoms with Crippen LogP contribution in [-0.2, 0) is 4.74 Å². The molecule has 3 heteroatoms. The van der Waals surface area contributed by atoms with E-state index in [1.807, 2.05) is 4.90 Å². The summed E-state index contributed by atoms with van der Waals surface area (Å²) >= 11 is 0. The SMILES string of the molecule is COCC1CCCN1CO. The topological polar surface area (TPSA) is 32.7 Å². The highest BCUT2D eigenvalue weighted by atomic mass is 16.5. The quantitative estimate of drug-likeness (QED) is 0.609. The van der Waals surface area contributed by atoms with E-state index < -0.39 is 0 Å². The molecule has 0 bridgehead atoms. The van der Waals surface area contributed by atoms with E-state index in [9.17, 15) is 0 Å². The molecule has 1 N–H and O–H groups in total. The van der Waals surface area contributed by atoms with Crippen LogP contribution < -0.4 is 0 Å². The van der Waals surface area contributed by atoms with E-state index in [-0.39, 0.29) is 6.73 Å². The lowest BCUT2D eigenvalue weighted by molar-refractivity contribution is 0.0534. The number of hydrogen-bond acceptors (Lipinski definition) is 3. The second kappa shape index (κ2) is 3.91. The predicted molar refractivity (Wildman–Crippen MR) is 38.7 cm³/mol. The molecule has 1 rings (SSSR count). The molecule has 3 nitrogen and oxygen atoms in total. The number of aliphatic hydroxyl groups excluding tert-OH is 1. The van der Waals surface area contributed by atoms with E-state index in [0.717, 1.165) is 19.6 Å². The Bertz CT molecular complexity index is 97.6. The Morgan fingerprint density at radius 3 is 3.10 bits per heavy atom. The monoisotopic (exact) mass is 145 g/mol. The fourth-order valence-electron chi connectivity index (χ4n) is 1.46. The highest BCUT2D eigenvalue weighted by Crippen LogP contribution is 2.15. The van der Waals surface area contributed by atoms with Crippen molar-refractivity contribution in [3.8, 4) is 0 Å². The minimum atomic E-state index is 0.175. The third kappa shape index (κ3) is 1.68. The molecule has 0 aromatic rings. The van der Waals surface area contributed by atoms with Crippen LogP contribution in [0.1, 0.15) is 12.8 Å². The molecule has 1 aliphatic heterocycles.